The summed E-state index contributed by atoms with van der Waals surface area (Å²) in [5.41, 5.74) is 2.31. The fourth-order valence-corrected chi connectivity index (χ4v) is 3.38. The van der Waals surface area contributed by atoms with Crippen molar-refractivity contribution in [2.75, 3.05) is 13.2 Å². The van der Waals surface area contributed by atoms with E-state index in [4.69, 9.17) is 4.74 Å². The monoisotopic (exact) mass is 338 g/mol. The summed E-state index contributed by atoms with van der Waals surface area (Å²) in [6.07, 6.45) is 12.4. The van der Waals surface area contributed by atoms with Crippen LogP contribution >= 0.6 is 0 Å². The average molecular weight is 338 g/mol. The molecule has 0 amide bonds. The van der Waals surface area contributed by atoms with Gasteiger partial charge in [0.05, 0.1) is 12.3 Å². The van der Waals surface area contributed by atoms with Gasteiger partial charge in [0.1, 0.15) is 12.1 Å². The minimum atomic E-state index is 0.128. The van der Waals surface area contributed by atoms with E-state index < -0.39 is 0 Å². The third-order valence-electron chi connectivity index (χ3n) is 4.61. The van der Waals surface area contributed by atoms with Crippen LogP contribution in [-0.4, -0.2) is 37.5 Å². The van der Waals surface area contributed by atoms with Crippen LogP contribution < -0.4 is 5.32 Å². The number of nitrogens with zero attached hydrogens (tertiary/aromatic N) is 5. The molecule has 0 saturated carbocycles. The smallest absolute Gasteiger partial charge is 0.142 e. The molecule has 4 heterocycles. The van der Waals surface area contributed by atoms with Gasteiger partial charge in [0.15, 0.2) is 0 Å². The Morgan fingerprint density at radius 2 is 2.32 bits per heavy atom. The Labute approximate surface area is 146 Å². The predicted molar refractivity (Wildman–Crippen MR) is 93.1 cm³/mol. The van der Waals surface area contributed by atoms with E-state index in [1.54, 1.807) is 12.5 Å². The lowest BCUT2D eigenvalue weighted by molar-refractivity contribution is 0.0904. The largest absolute Gasteiger partial charge is 0.373 e. The van der Waals surface area contributed by atoms with Crippen LogP contribution in [0.4, 0.5) is 0 Å². The third-order valence-corrected chi connectivity index (χ3v) is 4.61. The molecule has 1 saturated heterocycles. The topological polar surface area (TPSA) is 69.8 Å². The Hall–Kier alpha value is -2.51. The SMILES string of the molecule is Cn1cc([C@H]2OCC[C@@H]2CNCc2cccnc2-n2ccnc2)cn1. The Bertz CT molecular complexity index is 813. The Kier molecular flexibility index (Phi) is 4.58. The molecule has 1 aliphatic rings. The van der Waals surface area contributed by atoms with Gasteiger partial charge in [-0.05, 0) is 12.5 Å². The molecule has 0 radical (unpaired) electrons. The van der Waals surface area contributed by atoms with E-state index in [0.717, 1.165) is 43.1 Å². The van der Waals surface area contributed by atoms with E-state index >= 15 is 0 Å². The second-order valence-electron chi connectivity index (χ2n) is 6.37. The van der Waals surface area contributed by atoms with Crippen molar-refractivity contribution in [2.24, 2.45) is 13.0 Å². The maximum atomic E-state index is 5.93. The number of hydrogen-bond acceptors (Lipinski definition) is 5. The summed E-state index contributed by atoms with van der Waals surface area (Å²) in [6, 6.07) is 4.06. The fourth-order valence-electron chi connectivity index (χ4n) is 3.38. The second kappa shape index (κ2) is 7.16. The van der Waals surface area contributed by atoms with Crippen molar-refractivity contribution < 1.29 is 4.74 Å². The van der Waals surface area contributed by atoms with E-state index in [-0.39, 0.29) is 6.10 Å². The van der Waals surface area contributed by atoms with Gasteiger partial charge in [0, 0.05) is 68.6 Å². The molecule has 25 heavy (non-hydrogen) atoms. The van der Waals surface area contributed by atoms with Crippen molar-refractivity contribution >= 4 is 0 Å². The average Bonchev–Trinajstić information content (AvgIpc) is 3.36. The summed E-state index contributed by atoms with van der Waals surface area (Å²) in [7, 11) is 1.94. The highest BCUT2D eigenvalue weighted by Crippen LogP contribution is 2.33. The minimum Gasteiger partial charge on any atom is -0.373 e. The van der Waals surface area contributed by atoms with Crippen LogP contribution in [0.3, 0.4) is 0 Å². The van der Waals surface area contributed by atoms with Crippen molar-refractivity contribution in [1.82, 2.24) is 29.6 Å². The molecule has 0 aromatic carbocycles. The van der Waals surface area contributed by atoms with Crippen molar-refractivity contribution in [3.8, 4) is 5.82 Å². The lowest BCUT2D eigenvalue weighted by Crippen LogP contribution is -2.25. The maximum Gasteiger partial charge on any atom is 0.142 e. The van der Waals surface area contributed by atoms with Gasteiger partial charge in [0.25, 0.3) is 0 Å². The highest BCUT2D eigenvalue weighted by Gasteiger charge is 2.30. The van der Waals surface area contributed by atoms with Gasteiger partial charge in [-0.3, -0.25) is 9.25 Å². The van der Waals surface area contributed by atoms with Crippen LogP contribution in [0, 0.1) is 5.92 Å². The van der Waals surface area contributed by atoms with Crippen LogP contribution in [-0.2, 0) is 18.3 Å². The van der Waals surface area contributed by atoms with Crippen molar-refractivity contribution in [3.63, 3.8) is 0 Å². The fraction of sp³-hybridized carbons (Fsp3) is 0.389. The number of hydrogen-bond donors (Lipinski definition) is 1. The van der Waals surface area contributed by atoms with E-state index in [9.17, 15) is 0 Å². The molecule has 0 unspecified atom stereocenters. The normalized spacial score (nSPS) is 20.2. The second-order valence-corrected chi connectivity index (χ2v) is 6.37. The molecule has 1 fully saturated rings. The van der Waals surface area contributed by atoms with Gasteiger partial charge in [-0.2, -0.15) is 5.10 Å². The summed E-state index contributed by atoms with van der Waals surface area (Å²) in [6.45, 7) is 2.47. The molecule has 0 bridgehead atoms. The zero-order valence-corrected chi connectivity index (χ0v) is 14.2. The van der Waals surface area contributed by atoms with Gasteiger partial charge in [-0.15, -0.1) is 0 Å². The van der Waals surface area contributed by atoms with E-state index in [0.29, 0.717) is 5.92 Å². The van der Waals surface area contributed by atoms with Crippen molar-refractivity contribution in [3.05, 3.63) is 60.6 Å². The summed E-state index contributed by atoms with van der Waals surface area (Å²) in [5.74, 6) is 1.37. The number of nitrogens with one attached hydrogen (secondary N) is 1. The van der Waals surface area contributed by atoms with E-state index in [1.807, 2.05) is 47.2 Å². The number of aryl methyl sites for hydroxylation is 1. The highest BCUT2D eigenvalue weighted by molar-refractivity contribution is 5.33. The van der Waals surface area contributed by atoms with Crippen LogP contribution in [0.1, 0.15) is 23.7 Å². The molecule has 7 nitrogen and oxygen atoms in total. The molecule has 7 heteroatoms. The van der Waals surface area contributed by atoms with Crippen molar-refractivity contribution in [2.45, 2.75) is 19.1 Å². The quantitative estimate of drug-likeness (QED) is 0.743. The van der Waals surface area contributed by atoms with E-state index in [2.05, 4.69) is 26.4 Å². The first-order chi connectivity index (χ1) is 12.3. The number of aromatic nitrogens is 5. The van der Waals surface area contributed by atoms with Gasteiger partial charge >= 0.3 is 0 Å². The van der Waals surface area contributed by atoms with Crippen LogP contribution in [0.5, 0.6) is 0 Å². The highest BCUT2D eigenvalue weighted by atomic mass is 16.5. The first kappa shape index (κ1) is 16.0. The minimum absolute atomic E-state index is 0.128. The van der Waals surface area contributed by atoms with Gasteiger partial charge < -0.3 is 10.1 Å². The Morgan fingerprint density at radius 3 is 3.12 bits per heavy atom. The standard InChI is InChI=1S/C18H22N6O/c1-23-12-16(11-22-23)17-14(4-8-25-17)9-20-10-15-3-2-5-21-18(15)24-7-6-19-13-24/h2-3,5-7,11-14,17,20H,4,8-10H2,1H3/t14-,17+/m1/s1. The molecule has 2 atom stereocenters. The molecule has 1 aliphatic heterocycles. The summed E-state index contributed by atoms with van der Waals surface area (Å²) < 4.78 is 9.70. The van der Waals surface area contributed by atoms with Crippen LogP contribution in [0.25, 0.3) is 5.82 Å². The number of ether oxygens (including phenoxy) is 1. The summed E-state index contributed by atoms with van der Waals surface area (Å²) >= 11 is 0. The summed E-state index contributed by atoms with van der Waals surface area (Å²) in [4.78, 5) is 8.59. The Balaban J connectivity index is 1.40. The zero-order valence-electron chi connectivity index (χ0n) is 14.2. The van der Waals surface area contributed by atoms with Crippen LogP contribution in [0.15, 0.2) is 49.4 Å². The van der Waals surface area contributed by atoms with E-state index in [1.165, 1.54) is 0 Å². The lowest BCUT2D eigenvalue weighted by atomic mass is 9.97. The third kappa shape index (κ3) is 3.47. The first-order valence-corrected chi connectivity index (χ1v) is 8.54. The molecule has 130 valence electrons. The lowest BCUT2D eigenvalue weighted by Gasteiger charge is -2.18. The first-order valence-electron chi connectivity index (χ1n) is 8.54. The summed E-state index contributed by atoms with van der Waals surface area (Å²) in [5, 5.41) is 7.83. The number of rotatable bonds is 6. The van der Waals surface area contributed by atoms with Gasteiger partial charge in [-0.25, -0.2) is 9.97 Å². The molecule has 1 N–H and O–H groups in total. The van der Waals surface area contributed by atoms with Gasteiger partial charge in [-0.1, -0.05) is 6.07 Å². The predicted octanol–water partition coefficient (Wildman–Crippen LogP) is 1.87. The molecule has 3 aromatic rings. The molecule has 0 spiro atoms. The Morgan fingerprint density at radius 1 is 1.36 bits per heavy atom. The number of pyridine rings is 1. The molecule has 0 aliphatic carbocycles. The molecule has 3 aromatic heterocycles. The number of imidazole rings is 1. The zero-order chi connectivity index (χ0) is 17.1. The van der Waals surface area contributed by atoms with Crippen LogP contribution in [0.2, 0.25) is 0 Å². The maximum absolute atomic E-state index is 5.93. The van der Waals surface area contributed by atoms with Gasteiger partial charge in [0.2, 0.25) is 0 Å². The molecular weight excluding hydrogens is 316 g/mol. The molecular formula is C18H22N6O. The molecule has 4 rings (SSSR count). The van der Waals surface area contributed by atoms with Crippen molar-refractivity contribution in [1.29, 1.82) is 0 Å².